The lowest BCUT2D eigenvalue weighted by Crippen LogP contribution is -2.31. The molecule has 0 spiro atoms. The molecule has 1 heterocycles. The fourth-order valence-electron chi connectivity index (χ4n) is 2.55. The molecule has 0 aliphatic heterocycles. The number of aryl methyl sites for hydroxylation is 1. The molecule has 1 aromatic carbocycles. The van der Waals surface area contributed by atoms with E-state index in [0.29, 0.717) is 5.92 Å². The van der Waals surface area contributed by atoms with Crippen molar-refractivity contribution in [1.29, 1.82) is 0 Å². The average molecular weight is 212 g/mol. The summed E-state index contributed by atoms with van der Waals surface area (Å²) in [6.07, 6.45) is 2.07. The molecule has 2 atom stereocenters. The van der Waals surface area contributed by atoms with Gasteiger partial charge in [-0.1, -0.05) is 25.1 Å². The number of hydrogen-bond donors (Lipinski definition) is 1. The molecule has 0 radical (unpaired) electrons. The highest BCUT2D eigenvalue weighted by Crippen LogP contribution is 2.31. The van der Waals surface area contributed by atoms with E-state index in [1.165, 1.54) is 16.6 Å². The Morgan fingerprint density at radius 2 is 2.12 bits per heavy atom. The quantitative estimate of drug-likeness (QED) is 0.729. The minimum atomic E-state index is 0.287. The van der Waals surface area contributed by atoms with Gasteiger partial charge in [0, 0.05) is 17.1 Å². The summed E-state index contributed by atoms with van der Waals surface area (Å²) < 4.78 is 0. The van der Waals surface area contributed by atoms with Crippen LogP contribution in [0.2, 0.25) is 0 Å². The summed E-state index contributed by atoms with van der Waals surface area (Å²) in [7, 11) is 0. The van der Waals surface area contributed by atoms with Crippen LogP contribution in [0.1, 0.15) is 30.5 Å². The van der Waals surface area contributed by atoms with E-state index in [2.05, 4.69) is 31.2 Å². The third kappa shape index (κ3) is 1.41. The summed E-state index contributed by atoms with van der Waals surface area (Å²) in [6, 6.07) is 10.9. The molecule has 0 fully saturated rings. The Morgan fingerprint density at radius 3 is 3.00 bits per heavy atom. The molecule has 82 valence electrons. The van der Waals surface area contributed by atoms with Gasteiger partial charge in [-0.25, -0.2) is 0 Å². The molecule has 1 aliphatic rings. The Bertz CT molecular complexity index is 533. The SMILES string of the molecule is CC1c2cc3ccccc3nc2CCC1N. The fourth-order valence-corrected chi connectivity index (χ4v) is 2.55. The van der Waals surface area contributed by atoms with Gasteiger partial charge < -0.3 is 5.73 Å². The molecule has 16 heavy (non-hydrogen) atoms. The molecule has 0 bridgehead atoms. The maximum atomic E-state index is 6.11. The molecule has 1 aliphatic carbocycles. The van der Waals surface area contributed by atoms with E-state index in [9.17, 15) is 0 Å². The van der Waals surface area contributed by atoms with E-state index >= 15 is 0 Å². The molecule has 2 aromatic rings. The largest absolute Gasteiger partial charge is 0.327 e. The van der Waals surface area contributed by atoms with Crippen LogP contribution in [0.25, 0.3) is 10.9 Å². The van der Waals surface area contributed by atoms with Crippen LogP contribution < -0.4 is 5.73 Å². The van der Waals surface area contributed by atoms with E-state index in [-0.39, 0.29) is 6.04 Å². The van der Waals surface area contributed by atoms with Gasteiger partial charge in [-0.05, 0) is 36.5 Å². The van der Waals surface area contributed by atoms with E-state index in [4.69, 9.17) is 10.7 Å². The zero-order valence-corrected chi connectivity index (χ0v) is 9.48. The summed E-state index contributed by atoms with van der Waals surface area (Å²) in [5, 5.41) is 1.22. The average Bonchev–Trinajstić information content (AvgIpc) is 2.32. The van der Waals surface area contributed by atoms with Crippen molar-refractivity contribution in [3.05, 3.63) is 41.6 Å². The smallest absolute Gasteiger partial charge is 0.0705 e. The van der Waals surface area contributed by atoms with E-state index in [1.54, 1.807) is 0 Å². The molecule has 2 heteroatoms. The van der Waals surface area contributed by atoms with Crippen molar-refractivity contribution in [3.63, 3.8) is 0 Å². The van der Waals surface area contributed by atoms with Crippen LogP contribution in [0.3, 0.4) is 0 Å². The second kappa shape index (κ2) is 3.56. The molecular formula is C14H16N2. The van der Waals surface area contributed by atoms with Gasteiger partial charge >= 0.3 is 0 Å². The number of pyridine rings is 1. The third-order valence-electron chi connectivity index (χ3n) is 3.68. The van der Waals surface area contributed by atoms with Gasteiger partial charge in [-0.3, -0.25) is 4.98 Å². The lowest BCUT2D eigenvalue weighted by Gasteiger charge is -2.27. The second-order valence-corrected chi connectivity index (χ2v) is 4.71. The van der Waals surface area contributed by atoms with Crippen LogP contribution in [0.4, 0.5) is 0 Å². The molecule has 0 saturated heterocycles. The Hall–Kier alpha value is -1.41. The Balaban J connectivity index is 2.23. The highest BCUT2D eigenvalue weighted by Gasteiger charge is 2.24. The van der Waals surface area contributed by atoms with Crippen LogP contribution in [-0.4, -0.2) is 11.0 Å². The molecule has 2 N–H and O–H groups in total. The molecule has 3 rings (SSSR count). The first kappa shape index (κ1) is 9.79. The number of hydrogen-bond acceptors (Lipinski definition) is 2. The molecular weight excluding hydrogens is 196 g/mol. The van der Waals surface area contributed by atoms with Gasteiger partial charge in [0.15, 0.2) is 0 Å². The molecule has 0 saturated carbocycles. The second-order valence-electron chi connectivity index (χ2n) is 4.71. The van der Waals surface area contributed by atoms with Gasteiger partial charge in [-0.15, -0.1) is 0 Å². The van der Waals surface area contributed by atoms with Gasteiger partial charge in [0.1, 0.15) is 0 Å². The first-order valence-electron chi connectivity index (χ1n) is 5.90. The maximum Gasteiger partial charge on any atom is 0.0705 e. The van der Waals surface area contributed by atoms with Crippen molar-refractivity contribution in [2.75, 3.05) is 0 Å². The summed E-state index contributed by atoms with van der Waals surface area (Å²) in [5.74, 6) is 0.431. The highest BCUT2D eigenvalue weighted by molar-refractivity contribution is 5.79. The van der Waals surface area contributed by atoms with Crippen LogP contribution in [-0.2, 0) is 6.42 Å². The van der Waals surface area contributed by atoms with Crippen molar-refractivity contribution in [2.45, 2.75) is 31.7 Å². The predicted molar refractivity (Wildman–Crippen MR) is 66.5 cm³/mol. The Morgan fingerprint density at radius 1 is 1.31 bits per heavy atom. The van der Waals surface area contributed by atoms with Gasteiger partial charge in [0.05, 0.1) is 5.52 Å². The molecule has 0 amide bonds. The minimum Gasteiger partial charge on any atom is -0.327 e. The van der Waals surface area contributed by atoms with Gasteiger partial charge in [0.2, 0.25) is 0 Å². The third-order valence-corrected chi connectivity index (χ3v) is 3.68. The molecule has 1 aromatic heterocycles. The minimum absolute atomic E-state index is 0.287. The number of benzene rings is 1. The number of aromatic nitrogens is 1. The predicted octanol–water partition coefficient (Wildman–Crippen LogP) is 2.61. The maximum absolute atomic E-state index is 6.11. The number of fused-ring (bicyclic) bond motifs is 2. The fraction of sp³-hybridized carbons (Fsp3) is 0.357. The van der Waals surface area contributed by atoms with Crippen molar-refractivity contribution in [2.24, 2.45) is 5.73 Å². The number of para-hydroxylation sites is 1. The Kier molecular flexibility index (Phi) is 2.18. The van der Waals surface area contributed by atoms with Crippen molar-refractivity contribution >= 4 is 10.9 Å². The summed E-state index contributed by atoms with van der Waals surface area (Å²) in [5.41, 5.74) is 9.80. The lowest BCUT2D eigenvalue weighted by atomic mass is 9.83. The van der Waals surface area contributed by atoms with Crippen LogP contribution in [0, 0.1) is 0 Å². The summed E-state index contributed by atoms with van der Waals surface area (Å²) in [6.45, 7) is 2.21. The van der Waals surface area contributed by atoms with Crippen molar-refractivity contribution in [3.8, 4) is 0 Å². The standard InChI is InChI=1S/C14H16N2/c1-9-11-8-10-4-2-3-5-13(10)16-14(11)7-6-12(9)15/h2-5,8-9,12H,6-7,15H2,1H3. The molecule has 2 unspecified atom stereocenters. The van der Waals surface area contributed by atoms with E-state index in [1.807, 2.05) is 6.07 Å². The first-order valence-corrected chi connectivity index (χ1v) is 5.90. The zero-order chi connectivity index (χ0) is 11.1. The topological polar surface area (TPSA) is 38.9 Å². The van der Waals surface area contributed by atoms with E-state index < -0.39 is 0 Å². The van der Waals surface area contributed by atoms with Crippen LogP contribution in [0.5, 0.6) is 0 Å². The van der Waals surface area contributed by atoms with Crippen molar-refractivity contribution < 1.29 is 0 Å². The van der Waals surface area contributed by atoms with Crippen LogP contribution >= 0.6 is 0 Å². The van der Waals surface area contributed by atoms with E-state index in [0.717, 1.165) is 18.4 Å². The first-order chi connectivity index (χ1) is 7.75. The normalized spacial score (nSPS) is 24.4. The van der Waals surface area contributed by atoms with Crippen LogP contribution in [0.15, 0.2) is 30.3 Å². The summed E-state index contributed by atoms with van der Waals surface area (Å²) >= 11 is 0. The Labute approximate surface area is 95.5 Å². The van der Waals surface area contributed by atoms with Gasteiger partial charge in [-0.2, -0.15) is 0 Å². The van der Waals surface area contributed by atoms with Gasteiger partial charge in [0.25, 0.3) is 0 Å². The summed E-state index contributed by atoms with van der Waals surface area (Å²) in [4.78, 5) is 4.75. The monoisotopic (exact) mass is 212 g/mol. The van der Waals surface area contributed by atoms with Crippen molar-refractivity contribution in [1.82, 2.24) is 4.98 Å². The number of nitrogens with zero attached hydrogens (tertiary/aromatic N) is 1. The number of rotatable bonds is 0. The zero-order valence-electron chi connectivity index (χ0n) is 9.48. The lowest BCUT2D eigenvalue weighted by molar-refractivity contribution is 0.491. The highest BCUT2D eigenvalue weighted by atomic mass is 14.7. The molecule has 2 nitrogen and oxygen atoms in total. The number of nitrogens with two attached hydrogens (primary N) is 1.